The average molecular weight is 379 g/mol. The maximum absolute atomic E-state index is 12.5. The summed E-state index contributed by atoms with van der Waals surface area (Å²) in [5, 5.41) is 2.70. The minimum absolute atomic E-state index is 0.0796. The van der Waals surface area contributed by atoms with E-state index >= 15 is 0 Å². The van der Waals surface area contributed by atoms with Crippen molar-refractivity contribution in [2.24, 2.45) is 0 Å². The number of amides is 2. The molecule has 8 heteroatoms. The first-order valence-electron chi connectivity index (χ1n) is 9.09. The van der Waals surface area contributed by atoms with Crippen LogP contribution in [0.25, 0.3) is 0 Å². The molecule has 2 aliphatic rings. The molecule has 1 atom stereocenters. The van der Waals surface area contributed by atoms with Crippen molar-refractivity contribution in [3.8, 4) is 0 Å². The average Bonchev–Trinajstić information content (AvgIpc) is 3.34. The molecule has 0 saturated carbocycles. The lowest BCUT2D eigenvalue weighted by atomic mass is 10.2. The largest absolute Gasteiger partial charge is 0.341 e. The number of benzene rings is 1. The molecule has 0 aliphatic carbocycles. The molecule has 0 unspecified atom stereocenters. The fraction of sp³-hybridized carbons (Fsp3) is 0.556. The predicted octanol–water partition coefficient (Wildman–Crippen LogP) is 1.21. The number of sulfonamides is 1. The van der Waals surface area contributed by atoms with Crippen molar-refractivity contribution in [1.82, 2.24) is 14.5 Å². The van der Waals surface area contributed by atoms with E-state index in [9.17, 15) is 18.0 Å². The minimum atomic E-state index is -3.49. The van der Waals surface area contributed by atoms with E-state index in [2.05, 4.69) is 5.32 Å². The maximum Gasteiger partial charge on any atom is 0.251 e. The molecule has 1 aromatic rings. The highest BCUT2D eigenvalue weighted by molar-refractivity contribution is 7.89. The third-order valence-corrected chi connectivity index (χ3v) is 6.87. The van der Waals surface area contributed by atoms with Crippen LogP contribution in [0.4, 0.5) is 0 Å². The quantitative estimate of drug-likeness (QED) is 0.833. The van der Waals surface area contributed by atoms with Gasteiger partial charge in [0.05, 0.1) is 4.90 Å². The van der Waals surface area contributed by atoms with Gasteiger partial charge in [0.1, 0.15) is 6.04 Å². The number of carbonyl (C=O) groups is 2. The van der Waals surface area contributed by atoms with Crippen molar-refractivity contribution in [1.29, 1.82) is 0 Å². The Kier molecular flexibility index (Phi) is 5.62. The molecule has 2 fully saturated rings. The summed E-state index contributed by atoms with van der Waals surface area (Å²) in [6.07, 6.45) is 3.75. The Balaban J connectivity index is 1.64. The molecule has 0 aromatic heterocycles. The van der Waals surface area contributed by atoms with E-state index in [0.29, 0.717) is 18.7 Å². The predicted molar refractivity (Wildman–Crippen MR) is 97.2 cm³/mol. The van der Waals surface area contributed by atoms with E-state index in [1.54, 1.807) is 11.8 Å². The van der Waals surface area contributed by atoms with Crippen LogP contribution in [-0.4, -0.2) is 61.7 Å². The Morgan fingerprint density at radius 2 is 1.50 bits per heavy atom. The molecule has 2 saturated heterocycles. The maximum atomic E-state index is 12.5. The second kappa shape index (κ2) is 7.75. The minimum Gasteiger partial charge on any atom is -0.341 e. The summed E-state index contributed by atoms with van der Waals surface area (Å²) in [6, 6.07) is 5.29. The van der Waals surface area contributed by atoms with E-state index in [1.165, 1.54) is 28.6 Å². The van der Waals surface area contributed by atoms with Crippen LogP contribution in [0.5, 0.6) is 0 Å². The van der Waals surface area contributed by atoms with Crippen LogP contribution in [0.2, 0.25) is 0 Å². The number of carbonyl (C=O) groups excluding carboxylic acids is 2. The van der Waals surface area contributed by atoms with E-state index < -0.39 is 16.1 Å². The molecule has 2 heterocycles. The molecule has 26 heavy (non-hydrogen) atoms. The van der Waals surface area contributed by atoms with Gasteiger partial charge in [-0.15, -0.1) is 0 Å². The molecule has 1 aromatic carbocycles. The van der Waals surface area contributed by atoms with Gasteiger partial charge in [0.25, 0.3) is 5.91 Å². The number of likely N-dealkylation sites (tertiary alicyclic amines) is 1. The van der Waals surface area contributed by atoms with Crippen molar-refractivity contribution >= 4 is 21.8 Å². The highest BCUT2D eigenvalue weighted by atomic mass is 32.2. The van der Waals surface area contributed by atoms with Gasteiger partial charge in [0.15, 0.2) is 0 Å². The van der Waals surface area contributed by atoms with Gasteiger partial charge in [-0.05, 0) is 56.9 Å². The van der Waals surface area contributed by atoms with Gasteiger partial charge < -0.3 is 10.2 Å². The van der Waals surface area contributed by atoms with Crippen molar-refractivity contribution in [3.05, 3.63) is 29.8 Å². The first-order valence-corrected chi connectivity index (χ1v) is 10.5. The lowest BCUT2D eigenvalue weighted by molar-refractivity contribution is -0.131. The highest BCUT2D eigenvalue weighted by Gasteiger charge is 2.28. The van der Waals surface area contributed by atoms with Crippen LogP contribution in [0.3, 0.4) is 0 Å². The molecular weight excluding hydrogens is 354 g/mol. The highest BCUT2D eigenvalue weighted by Crippen LogP contribution is 2.21. The lowest BCUT2D eigenvalue weighted by Gasteiger charge is -2.21. The number of nitrogens with zero attached hydrogens (tertiary/aromatic N) is 2. The number of hydrogen-bond donors (Lipinski definition) is 1. The molecule has 1 N–H and O–H groups in total. The Hall–Kier alpha value is -1.93. The zero-order chi connectivity index (χ0) is 18.7. The van der Waals surface area contributed by atoms with Gasteiger partial charge >= 0.3 is 0 Å². The summed E-state index contributed by atoms with van der Waals surface area (Å²) in [4.78, 5) is 26.6. The number of nitrogens with one attached hydrogen (secondary N) is 1. The Morgan fingerprint density at radius 3 is 2.08 bits per heavy atom. The van der Waals surface area contributed by atoms with E-state index in [0.717, 1.165) is 38.8 Å². The van der Waals surface area contributed by atoms with Crippen molar-refractivity contribution in [2.45, 2.75) is 43.5 Å². The molecule has 142 valence electrons. The number of rotatable bonds is 5. The second-order valence-corrected chi connectivity index (χ2v) is 8.80. The van der Waals surface area contributed by atoms with Crippen LogP contribution < -0.4 is 5.32 Å². The first kappa shape index (κ1) is 18.8. The summed E-state index contributed by atoms with van der Waals surface area (Å²) in [7, 11) is -3.49. The SMILES string of the molecule is C[C@H](NC(=O)c1ccc(S(=O)(=O)N2CCCC2)cc1)C(=O)N1CCCC1. The van der Waals surface area contributed by atoms with Crippen molar-refractivity contribution < 1.29 is 18.0 Å². The standard InChI is InChI=1S/C18H25N3O4S/c1-14(18(23)20-10-2-3-11-20)19-17(22)15-6-8-16(9-7-15)26(24,25)21-12-4-5-13-21/h6-9,14H,2-5,10-13H2,1H3,(H,19,22)/t14-/m0/s1. The summed E-state index contributed by atoms with van der Waals surface area (Å²) < 4.78 is 26.5. The van der Waals surface area contributed by atoms with Crippen LogP contribution >= 0.6 is 0 Å². The van der Waals surface area contributed by atoms with Gasteiger partial charge in [-0.3, -0.25) is 9.59 Å². The molecule has 3 rings (SSSR count). The third-order valence-electron chi connectivity index (χ3n) is 4.96. The monoisotopic (exact) mass is 379 g/mol. The van der Waals surface area contributed by atoms with Gasteiger partial charge in [0, 0.05) is 31.7 Å². The first-order chi connectivity index (χ1) is 12.4. The molecular formula is C18H25N3O4S. The van der Waals surface area contributed by atoms with E-state index in [4.69, 9.17) is 0 Å². The molecule has 0 spiro atoms. The second-order valence-electron chi connectivity index (χ2n) is 6.86. The molecule has 2 aliphatic heterocycles. The van der Waals surface area contributed by atoms with Gasteiger partial charge in [-0.25, -0.2) is 8.42 Å². The summed E-state index contributed by atoms with van der Waals surface area (Å²) in [5.41, 5.74) is 0.339. The zero-order valence-corrected chi connectivity index (χ0v) is 15.8. The smallest absolute Gasteiger partial charge is 0.251 e. The summed E-state index contributed by atoms with van der Waals surface area (Å²) >= 11 is 0. The fourth-order valence-electron chi connectivity index (χ4n) is 3.41. The van der Waals surface area contributed by atoms with Crippen LogP contribution in [-0.2, 0) is 14.8 Å². The Labute approximate surface area is 154 Å². The molecule has 7 nitrogen and oxygen atoms in total. The van der Waals surface area contributed by atoms with Crippen molar-refractivity contribution in [3.63, 3.8) is 0 Å². The van der Waals surface area contributed by atoms with E-state index in [1.807, 2.05) is 0 Å². The normalized spacial score (nSPS) is 19.5. The molecule has 0 bridgehead atoms. The topological polar surface area (TPSA) is 86.8 Å². The van der Waals surface area contributed by atoms with Crippen LogP contribution in [0.1, 0.15) is 43.0 Å². The number of hydrogen-bond acceptors (Lipinski definition) is 4. The summed E-state index contributed by atoms with van der Waals surface area (Å²) in [5.74, 6) is -0.459. The van der Waals surface area contributed by atoms with Crippen LogP contribution in [0.15, 0.2) is 29.2 Å². The Bertz CT molecular complexity index is 764. The molecule has 2 amide bonds. The molecule has 0 radical (unpaired) electrons. The van der Waals surface area contributed by atoms with Gasteiger partial charge in [-0.2, -0.15) is 4.31 Å². The summed E-state index contributed by atoms with van der Waals surface area (Å²) in [6.45, 7) is 4.23. The van der Waals surface area contributed by atoms with Gasteiger partial charge in [0.2, 0.25) is 15.9 Å². The Morgan fingerprint density at radius 1 is 0.962 bits per heavy atom. The van der Waals surface area contributed by atoms with Gasteiger partial charge in [-0.1, -0.05) is 0 Å². The lowest BCUT2D eigenvalue weighted by Crippen LogP contribution is -2.45. The zero-order valence-electron chi connectivity index (χ0n) is 15.0. The van der Waals surface area contributed by atoms with E-state index in [-0.39, 0.29) is 16.7 Å². The van der Waals surface area contributed by atoms with Crippen LogP contribution in [0, 0.1) is 0 Å². The fourth-order valence-corrected chi connectivity index (χ4v) is 4.93. The third kappa shape index (κ3) is 3.91. The van der Waals surface area contributed by atoms with Crippen molar-refractivity contribution in [2.75, 3.05) is 26.2 Å².